The minimum atomic E-state index is -0.762. The Hall–Kier alpha value is -2.18. The molecule has 0 saturated heterocycles. The fourth-order valence-electron chi connectivity index (χ4n) is 1.74. The van der Waals surface area contributed by atoms with Gasteiger partial charge in [-0.25, -0.2) is 4.39 Å². The molecule has 20 heavy (non-hydrogen) atoms. The van der Waals surface area contributed by atoms with Gasteiger partial charge in [-0.05, 0) is 19.4 Å². The normalized spacial score (nSPS) is 11.8. The summed E-state index contributed by atoms with van der Waals surface area (Å²) in [6, 6.07) is 1.88. The standard InChI is InChI=1S/C13H18FN3O3/c1-5-8(2)16(4)13(18)9-6-11(15-3)10(14)7-12(9)17(19)20/h6-8,15H,5H2,1-4H3. The summed E-state index contributed by atoms with van der Waals surface area (Å²) in [7, 11) is 3.06. The minimum Gasteiger partial charge on any atom is -0.386 e. The van der Waals surface area contributed by atoms with Gasteiger partial charge in [-0.2, -0.15) is 0 Å². The van der Waals surface area contributed by atoms with Crippen molar-refractivity contribution in [1.29, 1.82) is 0 Å². The molecular weight excluding hydrogens is 265 g/mol. The van der Waals surface area contributed by atoms with Gasteiger partial charge in [0.1, 0.15) is 5.56 Å². The number of hydrogen-bond donors (Lipinski definition) is 1. The molecule has 0 aliphatic carbocycles. The van der Waals surface area contributed by atoms with Gasteiger partial charge in [-0.3, -0.25) is 14.9 Å². The van der Waals surface area contributed by atoms with Crippen LogP contribution in [0.1, 0.15) is 30.6 Å². The zero-order valence-electron chi connectivity index (χ0n) is 11.9. The number of rotatable bonds is 5. The van der Waals surface area contributed by atoms with Crippen molar-refractivity contribution >= 4 is 17.3 Å². The maximum Gasteiger partial charge on any atom is 0.285 e. The predicted octanol–water partition coefficient (Wildman–Crippen LogP) is 2.65. The number of hydrogen-bond acceptors (Lipinski definition) is 4. The molecule has 1 atom stereocenters. The molecule has 0 radical (unpaired) electrons. The molecule has 1 amide bonds. The van der Waals surface area contributed by atoms with Gasteiger partial charge in [-0.15, -0.1) is 0 Å². The average Bonchev–Trinajstić information content (AvgIpc) is 2.44. The van der Waals surface area contributed by atoms with Crippen LogP contribution in [-0.2, 0) is 0 Å². The summed E-state index contributed by atoms with van der Waals surface area (Å²) in [5.41, 5.74) is -0.596. The average molecular weight is 283 g/mol. The van der Waals surface area contributed by atoms with E-state index in [1.807, 2.05) is 13.8 Å². The highest BCUT2D eigenvalue weighted by Gasteiger charge is 2.27. The second-order valence-electron chi connectivity index (χ2n) is 4.53. The topological polar surface area (TPSA) is 75.5 Å². The van der Waals surface area contributed by atoms with Gasteiger partial charge >= 0.3 is 0 Å². The van der Waals surface area contributed by atoms with Gasteiger partial charge in [0.05, 0.1) is 16.7 Å². The molecule has 0 fully saturated rings. The molecule has 0 aliphatic heterocycles. The molecule has 7 heteroatoms. The second kappa shape index (κ2) is 6.31. The molecule has 0 aliphatic rings. The number of carbonyl (C=O) groups excluding carboxylic acids is 1. The lowest BCUT2D eigenvalue weighted by atomic mass is 10.1. The Morgan fingerprint density at radius 2 is 2.15 bits per heavy atom. The number of amides is 1. The summed E-state index contributed by atoms with van der Waals surface area (Å²) in [4.78, 5) is 24.0. The predicted molar refractivity (Wildman–Crippen MR) is 74.4 cm³/mol. The van der Waals surface area contributed by atoms with Gasteiger partial charge in [0.2, 0.25) is 0 Å². The highest BCUT2D eigenvalue weighted by molar-refractivity contribution is 5.99. The van der Waals surface area contributed by atoms with Crippen molar-refractivity contribution in [2.24, 2.45) is 0 Å². The number of nitrogens with one attached hydrogen (secondary N) is 1. The van der Waals surface area contributed by atoms with Crippen LogP contribution in [-0.4, -0.2) is 35.9 Å². The molecule has 0 aromatic heterocycles. The fourth-order valence-corrected chi connectivity index (χ4v) is 1.74. The smallest absolute Gasteiger partial charge is 0.285 e. The van der Waals surface area contributed by atoms with Gasteiger partial charge in [-0.1, -0.05) is 6.92 Å². The Kier molecular flexibility index (Phi) is 5.01. The quantitative estimate of drug-likeness (QED) is 0.666. The van der Waals surface area contributed by atoms with Crippen LogP contribution < -0.4 is 5.32 Å². The van der Waals surface area contributed by atoms with Gasteiger partial charge in [0, 0.05) is 20.1 Å². The van der Waals surface area contributed by atoms with Gasteiger partial charge in [0.25, 0.3) is 11.6 Å². The van der Waals surface area contributed by atoms with Crippen LogP contribution >= 0.6 is 0 Å². The first kappa shape index (κ1) is 15.9. The summed E-state index contributed by atoms with van der Waals surface area (Å²) in [6.07, 6.45) is 0.718. The maximum absolute atomic E-state index is 13.6. The monoisotopic (exact) mass is 283 g/mol. The first-order valence-electron chi connectivity index (χ1n) is 6.26. The number of nitro groups is 1. The fraction of sp³-hybridized carbons (Fsp3) is 0.462. The molecule has 0 spiro atoms. The largest absolute Gasteiger partial charge is 0.386 e. The van der Waals surface area contributed by atoms with Crippen LogP contribution in [0.25, 0.3) is 0 Å². The Bertz CT molecular complexity index is 534. The van der Waals surface area contributed by atoms with Crippen LogP contribution in [0, 0.1) is 15.9 Å². The van der Waals surface area contributed by atoms with E-state index in [4.69, 9.17) is 0 Å². The summed E-state index contributed by atoms with van der Waals surface area (Å²) in [6.45, 7) is 3.75. The number of benzene rings is 1. The van der Waals surface area contributed by atoms with Crippen LogP contribution in [0.15, 0.2) is 12.1 Å². The van der Waals surface area contributed by atoms with Crippen LogP contribution in [0.4, 0.5) is 15.8 Å². The van der Waals surface area contributed by atoms with E-state index in [9.17, 15) is 19.3 Å². The van der Waals surface area contributed by atoms with E-state index >= 15 is 0 Å². The van der Waals surface area contributed by atoms with Crippen molar-refractivity contribution < 1.29 is 14.1 Å². The van der Waals surface area contributed by atoms with Crippen molar-refractivity contribution in [1.82, 2.24) is 4.90 Å². The molecule has 1 aromatic carbocycles. The first-order chi connectivity index (χ1) is 9.33. The minimum absolute atomic E-state index is 0.0523. The van der Waals surface area contributed by atoms with Crippen molar-refractivity contribution in [3.05, 3.63) is 33.6 Å². The summed E-state index contributed by atoms with van der Waals surface area (Å²) >= 11 is 0. The molecule has 1 N–H and O–H groups in total. The number of nitro benzene ring substituents is 1. The van der Waals surface area contributed by atoms with E-state index < -0.39 is 22.3 Å². The number of carbonyl (C=O) groups is 1. The van der Waals surface area contributed by atoms with E-state index in [0.29, 0.717) is 0 Å². The van der Waals surface area contributed by atoms with Crippen molar-refractivity contribution in [2.75, 3.05) is 19.4 Å². The lowest BCUT2D eigenvalue weighted by Crippen LogP contribution is -2.35. The second-order valence-corrected chi connectivity index (χ2v) is 4.53. The van der Waals surface area contributed by atoms with E-state index in [1.54, 1.807) is 7.05 Å². The third kappa shape index (κ3) is 3.04. The van der Waals surface area contributed by atoms with E-state index in [1.165, 1.54) is 18.0 Å². The first-order valence-corrected chi connectivity index (χ1v) is 6.26. The zero-order valence-corrected chi connectivity index (χ0v) is 11.9. The summed E-state index contributed by atoms with van der Waals surface area (Å²) in [5, 5.41) is 13.6. The number of nitrogens with zero attached hydrogens (tertiary/aromatic N) is 2. The Labute approximate surface area is 116 Å². The SMILES string of the molecule is CCC(C)N(C)C(=O)c1cc(NC)c(F)cc1[N+](=O)[O-]. The number of anilines is 1. The van der Waals surface area contributed by atoms with E-state index in [2.05, 4.69) is 5.32 Å². The molecular formula is C13H18FN3O3. The molecule has 110 valence electrons. The Morgan fingerprint density at radius 3 is 2.60 bits per heavy atom. The van der Waals surface area contributed by atoms with Crippen LogP contribution in [0.3, 0.4) is 0 Å². The third-order valence-corrected chi connectivity index (χ3v) is 3.35. The van der Waals surface area contributed by atoms with Gasteiger partial charge in [0.15, 0.2) is 5.82 Å². The Balaban J connectivity index is 3.34. The molecule has 1 unspecified atom stereocenters. The molecule has 1 rings (SSSR count). The Morgan fingerprint density at radius 1 is 1.55 bits per heavy atom. The third-order valence-electron chi connectivity index (χ3n) is 3.35. The van der Waals surface area contributed by atoms with E-state index in [0.717, 1.165) is 12.5 Å². The van der Waals surface area contributed by atoms with Gasteiger partial charge < -0.3 is 10.2 Å². The zero-order chi connectivity index (χ0) is 15.4. The summed E-state index contributed by atoms with van der Waals surface area (Å²) < 4.78 is 13.6. The van der Waals surface area contributed by atoms with Crippen molar-refractivity contribution in [3.63, 3.8) is 0 Å². The highest BCUT2D eigenvalue weighted by atomic mass is 19.1. The molecule has 0 heterocycles. The van der Waals surface area contributed by atoms with Crippen molar-refractivity contribution in [2.45, 2.75) is 26.3 Å². The molecule has 1 aromatic rings. The van der Waals surface area contributed by atoms with Crippen LogP contribution in [0.5, 0.6) is 0 Å². The van der Waals surface area contributed by atoms with Crippen molar-refractivity contribution in [3.8, 4) is 0 Å². The van der Waals surface area contributed by atoms with Crippen LogP contribution in [0.2, 0.25) is 0 Å². The van der Waals surface area contributed by atoms with E-state index in [-0.39, 0.29) is 17.3 Å². The highest BCUT2D eigenvalue weighted by Crippen LogP contribution is 2.27. The molecule has 0 bridgehead atoms. The summed E-state index contributed by atoms with van der Waals surface area (Å²) in [5.74, 6) is -1.26. The maximum atomic E-state index is 13.6. The molecule has 0 saturated carbocycles. The number of halogens is 1. The lowest BCUT2D eigenvalue weighted by molar-refractivity contribution is -0.385. The lowest BCUT2D eigenvalue weighted by Gasteiger charge is -2.24. The molecule has 6 nitrogen and oxygen atoms in total.